The number of rotatable bonds is 7. The van der Waals surface area contributed by atoms with Gasteiger partial charge < -0.3 is 20.1 Å². The van der Waals surface area contributed by atoms with E-state index in [1.165, 1.54) is 24.3 Å². The molecule has 1 amide bonds. The summed E-state index contributed by atoms with van der Waals surface area (Å²) in [4.78, 5) is 13.4. The lowest BCUT2D eigenvalue weighted by molar-refractivity contribution is -0.124. The van der Waals surface area contributed by atoms with E-state index >= 15 is 0 Å². The molecule has 1 atom stereocenters. The van der Waals surface area contributed by atoms with Crippen LogP contribution in [0, 0.1) is 5.82 Å². The number of benzene rings is 1. The van der Waals surface area contributed by atoms with Gasteiger partial charge in [0, 0.05) is 13.1 Å². The highest BCUT2D eigenvalue weighted by atomic mass is 19.1. The van der Waals surface area contributed by atoms with E-state index in [1.807, 2.05) is 19.0 Å². The largest absolute Gasteiger partial charge is 0.484 e. The standard InChI is InChI=1S/C14H21FN2O3/c1-14(19,10-17(2)3)9-16-13(18)8-20-12-6-4-11(15)5-7-12/h4-7,19H,8-10H2,1-3H3,(H,16,18). The number of ether oxygens (including phenoxy) is 1. The molecule has 5 nitrogen and oxygen atoms in total. The molecule has 0 aliphatic heterocycles. The van der Waals surface area contributed by atoms with E-state index in [9.17, 15) is 14.3 Å². The van der Waals surface area contributed by atoms with Crippen LogP contribution in [0.15, 0.2) is 24.3 Å². The number of aliphatic hydroxyl groups is 1. The van der Waals surface area contributed by atoms with E-state index in [0.29, 0.717) is 12.3 Å². The van der Waals surface area contributed by atoms with Crippen molar-refractivity contribution in [2.75, 3.05) is 33.8 Å². The quantitative estimate of drug-likeness (QED) is 0.771. The van der Waals surface area contributed by atoms with Crippen LogP contribution in [0.4, 0.5) is 4.39 Å². The number of carbonyl (C=O) groups is 1. The van der Waals surface area contributed by atoms with E-state index in [0.717, 1.165) is 0 Å². The number of carbonyl (C=O) groups excluding carboxylic acids is 1. The third kappa shape index (κ3) is 6.49. The monoisotopic (exact) mass is 284 g/mol. The van der Waals surface area contributed by atoms with Crippen molar-refractivity contribution in [1.82, 2.24) is 10.2 Å². The highest BCUT2D eigenvalue weighted by molar-refractivity contribution is 5.77. The molecule has 6 heteroatoms. The molecule has 0 bridgehead atoms. The first-order valence-electron chi connectivity index (χ1n) is 6.31. The molecule has 0 radical (unpaired) electrons. The van der Waals surface area contributed by atoms with Crippen molar-refractivity contribution < 1.29 is 19.0 Å². The van der Waals surface area contributed by atoms with Gasteiger partial charge in [-0.1, -0.05) is 0 Å². The molecule has 0 heterocycles. The Bertz CT molecular complexity index is 433. The van der Waals surface area contributed by atoms with Gasteiger partial charge in [0.2, 0.25) is 0 Å². The first-order valence-corrected chi connectivity index (χ1v) is 6.31. The summed E-state index contributed by atoms with van der Waals surface area (Å²) < 4.78 is 17.9. The van der Waals surface area contributed by atoms with Crippen LogP contribution in [0.2, 0.25) is 0 Å². The highest BCUT2D eigenvalue weighted by Gasteiger charge is 2.22. The lowest BCUT2D eigenvalue weighted by Gasteiger charge is -2.27. The minimum absolute atomic E-state index is 0.136. The summed E-state index contributed by atoms with van der Waals surface area (Å²) in [6.07, 6.45) is 0. The van der Waals surface area contributed by atoms with Gasteiger partial charge in [-0.15, -0.1) is 0 Å². The van der Waals surface area contributed by atoms with Gasteiger partial charge in [-0.2, -0.15) is 0 Å². The Morgan fingerprint density at radius 2 is 2.00 bits per heavy atom. The van der Waals surface area contributed by atoms with Gasteiger partial charge >= 0.3 is 0 Å². The third-order valence-corrected chi connectivity index (χ3v) is 2.51. The second-order valence-corrected chi connectivity index (χ2v) is 5.25. The molecule has 0 aliphatic carbocycles. The zero-order valence-corrected chi connectivity index (χ0v) is 12.0. The number of likely N-dealkylation sites (N-methyl/N-ethyl adjacent to an activating group) is 1. The average molecular weight is 284 g/mol. The number of hydrogen-bond donors (Lipinski definition) is 2. The van der Waals surface area contributed by atoms with Gasteiger partial charge in [-0.25, -0.2) is 4.39 Å². The number of hydrogen-bond acceptors (Lipinski definition) is 4. The van der Waals surface area contributed by atoms with Gasteiger partial charge in [0.15, 0.2) is 6.61 Å². The van der Waals surface area contributed by atoms with Crippen molar-refractivity contribution in [1.29, 1.82) is 0 Å². The van der Waals surface area contributed by atoms with Crippen molar-refractivity contribution in [3.63, 3.8) is 0 Å². The molecule has 1 aromatic carbocycles. The molecule has 0 aliphatic rings. The van der Waals surface area contributed by atoms with Crippen LogP contribution in [0.3, 0.4) is 0 Å². The van der Waals surface area contributed by atoms with Crippen LogP contribution in [0.5, 0.6) is 5.75 Å². The Balaban J connectivity index is 2.32. The van der Waals surface area contributed by atoms with Gasteiger partial charge in [0.05, 0.1) is 5.60 Å². The molecule has 0 saturated carbocycles. The molecule has 0 aromatic heterocycles. The maximum Gasteiger partial charge on any atom is 0.258 e. The minimum Gasteiger partial charge on any atom is -0.484 e. The molecule has 1 aromatic rings. The first-order chi connectivity index (χ1) is 9.28. The maximum atomic E-state index is 12.7. The number of nitrogens with one attached hydrogen (secondary N) is 1. The second kappa shape index (κ2) is 7.21. The molecule has 20 heavy (non-hydrogen) atoms. The van der Waals surface area contributed by atoms with E-state index in [1.54, 1.807) is 6.92 Å². The molecular formula is C14H21FN2O3. The lowest BCUT2D eigenvalue weighted by atomic mass is 10.1. The predicted octanol–water partition coefficient (Wildman–Crippen LogP) is 0.633. The summed E-state index contributed by atoms with van der Waals surface area (Å²) in [5.41, 5.74) is -1.00. The fourth-order valence-electron chi connectivity index (χ4n) is 1.76. The number of halogens is 1. The van der Waals surface area contributed by atoms with Gasteiger partial charge in [0.25, 0.3) is 5.91 Å². The lowest BCUT2D eigenvalue weighted by Crippen LogP contribution is -2.47. The van der Waals surface area contributed by atoms with Crippen molar-refractivity contribution in [3.8, 4) is 5.75 Å². The molecule has 1 unspecified atom stereocenters. The summed E-state index contributed by atoms with van der Waals surface area (Å²) in [5.74, 6) is -0.281. The second-order valence-electron chi connectivity index (χ2n) is 5.25. The Morgan fingerprint density at radius 1 is 1.40 bits per heavy atom. The van der Waals surface area contributed by atoms with Crippen LogP contribution in [-0.2, 0) is 4.79 Å². The van der Waals surface area contributed by atoms with Crippen molar-refractivity contribution in [2.45, 2.75) is 12.5 Å². The van der Waals surface area contributed by atoms with Crippen molar-refractivity contribution in [3.05, 3.63) is 30.1 Å². The fourth-order valence-corrected chi connectivity index (χ4v) is 1.76. The summed E-state index contributed by atoms with van der Waals surface area (Å²) in [7, 11) is 3.68. The van der Waals surface area contributed by atoms with Gasteiger partial charge in [-0.05, 0) is 45.3 Å². The third-order valence-electron chi connectivity index (χ3n) is 2.51. The summed E-state index contributed by atoms with van der Waals surface area (Å²) in [6, 6.07) is 5.42. The SMILES string of the molecule is CN(C)CC(C)(O)CNC(=O)COc1ccc(F)cc1. The zero-order chi connectivity index (χ0) is 15.2. The molecule has 0 saturated heterocycles. The van der Waals surface area contributed by atoms with Crippen LogP contribution >= 0.6 is 0 Å². The minimum atomic E-state index is -1.00. The van der Waals surface area contributed by atoms with Crippen molar-refractivity contribution >= 4 is 5.91 Å². The Labute approximate surface area is 118 Å². The van der Waals surface area contributed by atoms with Crippen LogP contribution in [0.1, 0.15) is 6.92 Å². The van der Waals surface area contributed by atoms with Crippen LogP contribution < -0.4 is 10.1 Å². The maximum absolute atomic E-state index is 12.7. The summed E-state index contributed by atoms with van der Waals surface area (Å²) in [6.45, 7) is 2.04. The van der Waals surface area contributed by atoms with E-state index in [4.69, 9.17) is 4.74 Å². The van der Waals surface area contributed by atoms with Crippen LogP contribution in [0.25, 0.3) is 0 Å². The molecular weight excluding hydrogens is 263 g/mol. The molecule has 1 rings (SSSR count). The molecule has 0 spiro atoms. The van der Waals surface area contributed by atoms with Gasteiger partial charge in [0.1, 0.15) is 11.6 Å². The highest BCUT2D eigenvalue weighted by Crippen LogP contribution is 2.10. The van der Waals surface area contributed by atoms with Gasteiger partial charge in [-0.3, -0.25) is 4.79 Å². The molecule has 2 N–H and O–H groups in total. The summed E-state index contributed by atoms with van der Waals surface area (Å²) in [5, 5.41) is 12.6. The Hall–Kier alpha value is -1.66. The topological polar surface area (TPSA) is 61.8 Å². The average Bonchev–Trinajstić information content (AvgIpc) is 2.34. The Morgan fingerprint density at radius 3 is 2.55 bits per heavy atom. The molecule has 0 fully saturated rings. The van der Waals surface area contributed by atoms with Crippen LogP contribution in [-0.4, -0.2) is 55.3 Å². The number of amides is 1. The van der Waals surface area contributed by atoms with E-state index in [2.05, 4.69) is 5.32 Å². The molecule has 112 valence electrons. The smallest absolute Gasteiger partial charge is 0.258 e. The van der Waals surface area contributed by atoms with Crippen molar-refractivity contribution in [2.24, 2.45) is 0 Å². The predicted molar refractivity (Wildman–Crippen MR) is 74.1 cm³/mol. The first kappa shape index (κ1) is 16.4. The number of nitrogens with zero attached hydrogens (tertiary/aromatic N) is 1. The normalized spacial score (nSPS) is 13.9. The Kier molecular flexibility index (Phi) is 5.91. The summed E-state index contributed by atoms with van der Waals surface area (Å²) >= 11 is 0. The fraction of sp³-hybridized carbons (Fsp3) is 0.500. The zero-order valence-electron chi connectivity index (χ0n) is 12.0. The van der Waals surface area contributed by atoms with E-state index < -0.39 is 5.60 Å². The van der Waals surface area contributed by atoms with E-state index in [-0.39, 0.29) is 24.9 Å².